The molecule has 1 saturated carbocycles. The van der Waals surface area contributed by atoms with Crippen LogP contribution < -0.4 is 9.64 Å². The number of piperidine rings is 2. The van der Waals surface area contributed by atoms with E-state index in [1.165, 1.54) is 12.0 Å². The zero-order chi connectivity index (χ0) is 17.9. The van der Waals surface area contributed by atoms with Crippen LogP contribution in [0.4, 0.5) is 5.69 Å². The van der Waals surface area contributed by atoms with Crippen LogP contribution in [-0.2, 0) is 14.9 Å². The molecule has 2 bridgehead atoms. The van der Waals surface area contributed by atoms with Crippen molar-refractivity contribution in [3.05, 3.63) is 35.4 Å². The molecule has 1 spiro atoms. The van der Waals surface area contributed by atoms with Crippen LogP contribution in [0.1, 0.15) is 24.8 Å². The molecule has 5 heterocycles. The van der Waals surface area contributed by atoms with Crippen molar-refractivity contribution in [1.82, 2.24) is 4.90 Å². The minimum absolute atomic E-state index is 0.0658. The van der Waals surface area contributed by atoms with Gasteiger partial charge in [0.05, 0.1) is 38.0 Å². The average Bonchev–Trinajstić information content (AvgIpc) is 3.15. The Morgan fingerprint density at radius 2 is 2.26 bits per heavy atom. The molecule has 1 aromatic carbocycles. The Hall–Kier alpha value is -1.85. The third-order valence-electron chi connectivity index (χ3n) is 8.52. The van der Waals surface area contributed by atoms with Gasteiger partial charge >= 0.3 is 0 Å². The molecular formula is C22H24N2O3. The molecule has 3 saturated heterocycles. The highest BCUT2D eigenvalue weighted by Gasteiger charge is 2.71. The van der Waals surface area contributed by atoms with Gasteiger partial charge in [0.2, 0.25) is 5.91 Å². The lowest BCUT2D eigenvalue weighted by molar-refractivity contribution is -0.132. The molecule has 1 aromatic rings. The number of rotatable bonds is 1. The molecule has 0 aromatic heterocycles. The Morgan fingerprint density at radius 3 is 3.15 bits per heavy atom. The van der Waals surface area contributed by atoms with Crippen molar-refractivity contribution in [3.8, 4) is 5.75 Å². The highest BCUT2D eigenvalue weighted by molar-refractivity contribution is 5.99. The molecule has 27 heavy (non-hydrogen) atoms. The maximum absolute atomic E-state index is 13.3. The van der Waals surface area contributed by atoms with E-state index in [9.17, 15) is 4.79 Å². The molecule has 0 N–H and O–H groups in total. The molecule has 5 unspecified atom stereocenters. The average molecular weight is 364 g/mol. The molecule has 5 aliphatic heterocycles. The first-order valence-electron chi connectivity index (χ1n) is 10.3. The van der Waals surface area contributed by atoms with Crippen LogP contribution in [0.3, 0.4) is 0 Å². The van der Waals surface area contributed by atoms with Gasteiger partial charge in [0.1, 0.15) is 5.75 Å². The molecular weight excluding hydrogens is 340 g/mol. The number of nitrogens with zero attached hydrogens (tertiary/aromatic N) is 2. The molecule has 5 heteroatoms. The van der Waals surface area contributed by atoms with E-state index in [1.807, 2.05) is 0 Å². The van der Waals surface area contributed by atoms with Crippen LogP contribution in [0.15, 0.2) is 29.8 Å². The quantitative estimate of drug-likeness (QED) is 0.716. The molecule has 6 atom stereocenters. The molecule has 1 amide bonds. The predicted molar refractivity (Wildman–Crippen MR) is 100.0 cm³/mol. The highest BCUT2D eigenvalue weighted by atomic mass is 16.5. The van der Waals surface area contributed by atoms with Crippen molar-refractivity contribution in [3.63, 3.8) is 0 Å². The fourth-order valence-corrected chi connectivity index (χ4v) is 7.66. The van der Waals surface area contributed by atoms with Gasteiger partial charge in [-0.15, -0.1) is 0 Å². The Labute approximate surface area is 158 Å². The summed E-state index contributed by atoms with van der Waals surface area (Å²) in [5, 5.41) is 0. The first kappa shape index (κ1) is 15.1. The number of methoxy groups -OCH3 is 1. The zero-order valence-corrected chi connectivity index (χ0v) is 15.6. The Morgan fingerprint density at radius 1 is 1.33 bits per heavy atom. The first-order chi connectivity index (χ1) is 13.2. The van der Waals surface area contributed by atoms with Gasteiger partial charge < -0.3 is 14.4 Å². The summed E-state index contributed by atoms with van der Waals surface area (Å²) in [6.45, 7) is 2.89. The van der Waals surface area contributed by atoms with Crippen LogP contribution in [0.25, 0.3) is 0 Å². The lowest BCUT2D eigenvalue weighted by atomic mass is 9.53. The number of carbonyl (C=O) groups is 1. The number of ether oxygens (including phenoxy) is 2. The monoisotopic (exact) mass is 364 g/mol. The molecule has 7 rings (SSSR count). The molecule has 5 nitrogen and oxygen atoms in total. The third-order valence-corrected chi connectivity index (χ3v) is 8.52. The Kier molecular flexibility index (Phi) is 2.66. The molecule has 4 fully saturated rings. The standard InChI is InChI=1S/C22H24N2O3/c1-26-13-2-3-15-16(8-13)24-19(25)10-17-20-14-9-18-22(15,21(20)24)5-6-23(18)11-12(14)4-7-27-17/h2-4,8,14,17-18,20-21H,5-7,9-11H2,1H3/t14?,17?,18?,20?,21-,22?/m0/s1. The second kappa shape index (κ2) is 4.76. The maximum Gasteiger partial charge on any atom is 0.229 e. The molecule has 1 aliphatic carbocycles. The van der Waals surface area contributed by atoms with Gasteiger partial charge in [-0.05, 0) is 36.9 Å². The topological polar surface area (TPSA) is 42.0 Å². The van der Waals surface area contributed by atoms with E-state index in [-0.39, 0.29) is 23.5 Å². The SMILES string of the molecule is COc1ccc2c(c1)N1C(=O)CC3OCC=C4CN5CCC26C5CC4C3[C@H]16. The molecule has 6 aliphatic rings. The second-order valence-electron chi connectivity index (χ2n) is 9.14. The smallest absolute Gasteiger partial charge is 0.229 e. The van der Waals surface area contributed by atoms with Crippen LogP contribution in [-0.4, -0.2) is 55.8 Å². The zero-order valence-electron chi connectivity index (χ0n) is 15.6. The largest absolute Gasteiger partial charge is 0.497 e. The van der Waals surface area contributed by atoms with E-state index in [1.54, 1.807) is 12.7 Å². The Bertz CT molecular complexity index is 911. The van der Waals surface area contributed by atoms with Crippen LogP contribution >= 0.6 is 0 Å². The normalized spacial score (nSPS) is 43.3. The minimum Gasteiger partial charge on any atom is -0.497 e. The number of hydrogen-bond acceptors (Lipinski definition) is 4. The van der Waals surface area contributed by atoms with Crippen molar-refractivity contribution in [2.75, 3.05) is 31.7 Å². The number of hydrogen-bond donors (Lipinski definition) is 0. The van der Waals surface area contributed by atoms with Crippen LogP contribution in [0.2, 0.25) is 0 Å². The minimum atomic E-state index is 0.0658. The van der Waals surface area contributed by atoms with E-state index in [2.05, 4.69) is 34.1 Å². The van der Waals surface area contributed by atoms with Gasteiger partial charge in [0.15, 0.2) is 0 Å². The number of carbonyl (C=O) groups excluding carboxylic acids is 1. The van der Waals surface area contributed by atoms with E-state index in [0.717, 1.165) is 30.9 Å². The second-order valence-corrected chi connectivity index (χ2v) is 9.14. The number of fused-ring (bicyclic) bond motifs is 2. The van der Waals surface area contributed by atoms with E-state index in [4.69, 9.17) is 9.47 Å². The van der Waals surface area contributed by atoms with Gasteiger partial charge in [-0.25, -0.2) is 0 Å². The summed E-state index contributed by atoms with van der Waals surface area (Å²) in [7, 11) is 1.70. The summed E-state index contributed by atoms with van der Waals surface area (Å²) in [4.78, 5) is 18.2. The van der Waals surface area contributed by atoms with Crippen molar-refractivity contribution < 1.29 is 14.3 Å². The van der Waals surface area contributed by atoms with Gasteiger partial charge in [-0.2, -0.15) is 0 Å². The maximum atomic E-state index is 13.3. The summed E-state index contributed by atoms with van der Waals surface area (Å²) in [5.41, 5.74) is 4.12. The number of anilines is 1. The summed E-state index contributed by atoms with van der Waals surface area (Å²) in [6, 6.07) is 7.22. The van der Waals surface area contributed by atoms with Crippen LogP contribution in [0, 0.1) is 11.8 Å². The van der Waals surface area contributed by atoms with Crippen molar-refractivity contribution in [2.24, 2.45) is 11.8 Å². The lowest BCUT2D eigenvalue weighted by Gasteiger charge is -2.58. The van der Waals surface area contributed by atoms with Crippen molar-refractivity contribution in [2.45, 2.75) is 42.9 Å². The fourth-order valence-electron chi connectivity index (χ4n) is 7.66. The van der Waals surface area contributed by atoms with Gasteiger partial charge in [0, 0.05) is 30.0 Å². The Balaban J connectivity index is 1.52. The summed E-state index contributed by atoms with van der Waals surface area (Å²) in [6.07, 6.45) is 5.28. The third kappa shape index (κ3) is 1.56. The highest BCUT2D eigenvalue weighted by Crippen LogP contribution is 2.65. The number of amides is 1. The van der Waals surface area contributed by atoms with Crippen molar-refractivity contribution >= 4 is 11.6 Å². The van der Waals surface area contributed by atoms with E-state index < -0.39 is 0 Å². The van der Waals surface area contributed by atoms with Gasteiger partial charge in [-0.3, -0.25) is 9.69 Å². The number of benzene rings is 1. The van der Waals surface area contributed by atoms with Gasteiger partial charge in [-0.1, -0.05) is 17.7 Å². The molecule has 140 valence electrons. The predicted octanol–water partition coefficient (Wildman–Crippen LogP) is 2.10. The van der Waals surface area contributed by atoms with E-state index >= 15 is 0 Å². The summed E-state index contributed by atoms with van der Waals surface area (Å²) < 4.78 is 11.8. The summed E-state index contributed by atoms with van der Waals surface area (Å²) in [5.74, 6) is 2.07. The van der Waals surface area contributed by atoms with Crippen LogP contribution in [0.5, 0.6) is 5.75 Å². The molecule has 0 radical (unpaired) electrons. The first-order valence-corrected chi connectivity index (χ1v) is 10.3. The van der Waals surface area contributed by atoms with Gasteiger partial charge in [0.25, 0.3) is 0 Å². The van der Waals surface area contributed by atoms with Crippen molar-refractivity contribution in [1.29, 1.82) is 0 Å². The summed E-state index contributed by atoms with van der Waals surface area (Å²) >= 11 is 0. The lowest BCUT2D eigenvalue weighted by Crippen LogP contribution is -2.69. The fraction of sp³-hybridized carbons (Fsp3) is 0.591. The van der Waals surface area contributed by atoms with E-state index in [0.29, 0.717) is 30.9 Å².